The van der Waals surface area contributed by atoms with E-state index in [4.69, 9.17) is 21.7 Å². The molecule has 1 aromatic rings. The van der Waals surface area contributed by atoms with Crippen molar-refractivity contribution in [1.82, 2.24) is 0 Å². The van der Waals surface area contributed by atoms with Crippen LogP contribution in [0.5, 0.6) is 0 Å². The minimum Gasteiger partial charge on any atom is -0.399 e. The molecule has 70 valence electrons. The highest BCUT2D eigenvalue weighted by Crippen LogP contribution is 2.08. The number of nitrogens with zero attached hydrogens (tertiary/aromatic N) is 1. The lowest BCUT2D eigenvalue weighted by Gasteiger charge is -1.96. The second kappa shape index (κ2) is 4.39. The number of benzene rings is 1. The highest BCUT2D eigenvalue weighted by atomic mass is 32.2. The number of anilines is 1. The predicted molar refractivity (Wildman–Crippen MR) is 44.9 cm³/mol. The van der Waals surface area contributed by atoms with Gasteiger partial charge in [0.25, 0.3) is 0 Å². The molecule has 0 radical (unpaired) electrons. The van der Waals surface area contributed by atoms with Crippen molar-refractivity contribution < 1.29 is 13.8 Å². The van der Waals surface area contributed by atoms with Crippen molar-refractivity contribution in [3.63, 3.8) is 0 Å². The van der Waals surface area contributed by atoms with Crippen LogP contribution >= 0.6 is 0 Å². The van der Waals surface area contributed by atoms with Gasteiger partial charge in [0, 0.05) is 5.69 Å². The number of hydrogen-bond donors (Lipinski definition) is 3. The lowest BCUT2D eigenvalue weighted by atomic mass is 10.3. The molecule has 0 amide bonds. The largest absolute Gasteiger partial charge is 0.399 e. The number of hydrogen-bond acceptors (Lipinski definition) is 4. The summed E-state index contributed by atoms with van der Waals surface area (Å²) in [6, 6.07) is 5.70. The monoisotopic (exact) mass is 201 g/mol. The molecule has 13 heavy (non-hydrogen) atoms. The minimum absolute atomic E-state index is 0.0756. The quantitative estimate of drug-likeness (QED) is 0.365. The molecule has 0 aliphatic rings. The Morgan fingerprint density at radius 2 is 1.54 bits per heavy atom. The molecule has 0 saturated heterocycles. The summed E-state index contributed by atoms with van der Waals surface area (Å²) >= 11 is 0. The second-order valence-corrected chi connectivity index (χ2v) is 3.68. The number of diazo groups is 1. The summed E-state index contributed by atoms with van der Waals surface area (Å²) in [6.45, 7) is 0. The topological polar surface area (TPSA) is 134 Å². The smallest absolute Gasteiger partial charge is 0.238 e. The first-order chi connectivity index (χ1) is 6.00. The number of nitrogens with two attached hydrogens (primary N) is 2. The van der Waals surface area contributed by atoms with Crippen LogP contribution in [0.15, 0.2) is 29.2 Å². The van der Waals surface area contributed by atoms with Crippen LogP contribution in [0.25, 0.3) is 0 Å². The Hall–Kier alpha value is -1.65. The summed E-state index contributed by atoms with van der Waals surface area (Å²) in [5.74, 6) is 0. The Kier molecular flexibility index (Phi) is 3.84. The van der Waals surface area contributed by atoms with E-state index >= 15 is 0 Å². The van der Waals surface area contributed by atoms with Gasteiger partial charge in [0.2, 0.25) is 15.4 Å². The van der Waals surface area contributed by atoms with Gasteiger partial charge in [-0.1, -0.05) is 0 Å². The molecule has 6 nitrogen and oxygen atoms in total. The molecule has 0 heterocycles. The molecule has 1 aromatic carbocycles. The van der Waals surface area contributed by atoms with E-state index in [9.17, 15) is 8.42 Å². The van der Waals surface area contributed by atoms with Crippen molar-refractivity contribution in [2.75, 3.05) is 5.73 Å². The first-order valence-electron chi connectivity index (χ1n) is 3.11. The zero-order valence-corrected chi connectivity index (χ0v) is 7.45. The molecule has 0 bridgehead atoms. The van der Waals surface area contributed by atoms with Gasteiger partial charge in [0.15, 0.2) is 0 Å². The van der Waals surface area contributed by atoms with Gasteiger partial charge in [-0.3, -0.25) is 0 Å². The standard InChI is InChI=1S/C6H8N2O2S.N2/c7-5-1-3-6(4-2-5)11(8,9)10;1-2/h1-4H,7H2,(H2,8,9,10);/p+1. The number of sulfonamides is 1. The number of primary sulfonamides is 1. The summed E-state index contributed by atoms with van der Waals surface area (Å²) in [7, 11) is -3.58. The highest BCUT2D eigenvalue weighted by molar-refractivity contribution is 7.89. The van der Waals surface area contributed by atoms with Gasteiger partial charge in [0.1, 0.15) is 0 Å². The molecular formula is C6H9N4O2S+. The fourth-order valence-electron chi connectivity index (χ4n) is 0.658. The third-order valence-electron chi connectivity index (χ3n) is 1.21. The molecule has 0 aliphatic carbocycles. The average molecular weight is 201 g/mol. The van der Waals surface area contributed by atoms with Crippen LogP contribution in [0, 0.1) is 5.39 Å². The second-order valence-electron chi connectivity index (χ2n) is 2.11. The van der Waals surface area contributed by atoms with Crippen molar-refractivity contribution in [2.45, 2.75) is 4.90 Å². The SMILES string of the molecule is N#[NH+].Nc1ccc(S(N)(=O)=O)cc1. The Labute approximate surface area is 75.6 Å². The van der Waals surface area contributed by atoms with Crippen molar-refractivity contribution in [2.24, 2.45) is 5.14 Å². The van der Waals surface area contributed by atoms with Crippen molar-refractivity contribution in [1.29, 1.82) is 5.39 Å². The molecule has 7 heteroatoms. The van der Waals surface area contributed by atoms with E-state index < -0.39 is 10.0 Å². The van der Waals surface area contributed by atoms with Crippen LogP contribution in [0.2, 0.25) is 0 Å². The van der Waals surface area contributed by atoms with Crippen molar-refractivity contribution in [3.8, 4) is 0 Å². The molecule has 0 fully saturated rings. The van der Waals surface area contributed by atoms with Gasteiger partial charge in [0.05, 0.1) is 10.3 Å². The van der Waals surface area contributed by atoms with Gasteiger partial charge in [-0.2, -0.15) is 0 Å². The lowest BCUT2D eigenvalue weighted by molar-refractivity contribution is -0.175. The van der Waals surface area contributed by atoms with E-state index in [2.05, 4.69) is 0 Å². The first kappa shape index (κ1) is 11.4. The van der Waals surface area contributed by atoms with Gasteiger partial charge in [-0.05, 0) is 24.3 Å². The average Bonchev–Trinajstić information content (AvgIpc) is 2.07. The highest BCUT2D eigenvalue weighted by Gasteiger charge is 2.04. The summed E-state index contributed by atoms with van der Waals surface area (Å²) in [5, 5.41) is 15.8. The van der Waals surface area contributed by atoms with E-state index in [1.54, 1.807) is 0 Å². The fraction of sp³-hybridized carbons (Fsp3) is 0. The molecule has 0 saturated carbocycles. The number of nitrogen functional groups attached to an aromatic ring is 1. The van der Waals surface area contributed by atoms with Crippen LogP contribution in [0.1, 0.15) is 0 Å². The van der Waals surface area contributed by atoms with Crippen LogP contribution in [-0.2, 0) is 10.0 Å². The Bertz CT molecular complexity index is 381. The zero-order chi connectivity index (χ0) is 10.5. The van der Waals surface area contributed by atoms with E-state index in [1.165, 1.54) is 24.3 Å². The maximum atomic E-state index is 10.7. The maximum Gasteiger partial charge on any atom is 0.238 e. The van der Waals surface area contributed by atoms with Gasteiger partial charge in [-0.15, -0.1) is 0 Å². The predicted octanol–water partition coefficient (Wildman–Crippen LogP) is -1.80. The lowest BCUT2D eigenvalue weighted by Crippen LogP contribution is -2.11. The zero-order valence-electron chi connectivity index (χ0n) is 6.64. The van der Waals surface area contributed by atoms with Gasteiger partial charge < -0.3 is 5.73 Å². The molecule has 1 rings (SSSR count). The van der Waals surface area contributed by atoms with Gasteiger partial charge in [-0.25, -0.2) is 13.6 Å². The Balaban J connectivity index is 0.000000671. The van der Waals surface area contributed by atoms with Crippen LogP contribution in [0.3, 0.4) is 0 Å². The summed E-state index contributed by atoms with van der Waals surface area (Å²) < 4.78 is 21.4. The number of rotatable bonds is 1. The Morgan fingerprint density at radius 1 is 1.15 bits per heavy atom. The molecule has 0 unspecified atom stereocenters. The van der Waals surface area contributed by atoms with Crippen molar-refractivity contribution >= 4 is 15.7 Å². The number of nitrogens with one attached hydrogen (secondary N) is 1. The summed E-state index contributed by atoms with van der Waals surface area (Å²) in [4.78, 5) is 0.0756. The molecule has 0 atom stereocenters. The third-order valence-corrected chi connectivity index (χ3v) is 2.14. The van der Waals surface area contributed by atoms with E-state index in [0.29, 0.717) is 5.69 Å². The molecule has 0 spiro atoms. The van der Waals surface area contributed by atoms with Crippen LogP contribution in [0.4, 0.5) is 5.69 Å². The maximum absolute atomic E-state index is 10.7. The normalized spacial score (nSPS) is 9.77. The Morgan fingerprint density at radius 3 is 1.85 bits per heavy atom. The first-order valence-corrected chi connectivity index (χ1v) is 4.65. The van der Waals surface area contributed by atoms with Crippen LogP contribution in [-0.4, -0.2) is 8.42 Å². The minimum atomic E-state index is -3.58. The molecule has 5 N–H and O–H groups in total. The third kappa shape index (κ3) is 3.50. The van der Waals surface area contributed by atoms with E-state index in [1.807, 2.05) is 0 Å². The van der Waals surface area contributed by atoms with E-state index in [0.717, 1.165) is 0 Å². The van der Waals surface area contributed by atoms with Crippen LogP contribution < -0.4 is 16.3 Å². The summed E-state index contributed by atoms with van der Waals surface area (Å²) in [6.07, 6.45) is 0. The van der Waals surface area contributed by atoms with E-state index in [-0.39, 0.29) is 4.90 Å². The van der Waals surface area contributed by atoms with Crippen molar-refractivity contribution in [3.05, 3.63) is 24.3 Å². The fourth-order valence-corrected chi connectivity index (χ4v) is 1.17. The molecule has 0 aromatic heterocycles. The van der Waals surface area contributed by atoms with Gasteiger partial charge >= 0.3 is 0 Å². The molecular weight excluding hydrogens is 192 g/mol. The molecule has 0 aliphatic heterocycles. The summed E-state index contributed by atoms with van der Waals surface area (Å²) in [5.41, 5.74) is 5.85.